The molecule has 0 fully saturated rings. The molecule has 0 aliphatic heterocycles. The number of carbonyl (C=O) groups is 1. The van der Waals surface area contributed by atoms with Crippen LogP contribution in [0, 0.1) is 6.92 Å². The van der Waals surface area contributed by atoms with Crippen LogP contribution in [0.1, 0.15) is 29.8 Å². The number of hydrogen-bond donors (Lipinski definition) is 2. The summed E-state index contributed by atoms with van der Waals surface area (Å²) in [6, 6.07) is 21.4. The van der Waals surface area contributed by atoms with Crippen molar-refractivity contribution in [2.75, 3.05) is 12.4 Å². The average Bonchev–Trinajstić information content (AvgIpc) is 2.86. The number of aryl methyl sites for hydroxylation is 1. The zero-order valence-electron chi connectivity index (χ0n) is 20.6. The second-order valence-corrected chi connectivity index (χ2v) is 8.55. The van der Waals surface area contributed by atoms with Gasteiger partial charge in [-0.2, -0.15) is 9.78 Å². The van der Waals surface area contributed by atoms with Crippen molar-refractivity contribution >= 4 is 17.3 Å². The van der Waals surface area contributed by atoms with E-state index < -0.39 is 5.56 Å². The average molecular weight is 485 g/mol. The predicted octanol–water partition coefficient (Wildman–Crippen LogP) is 5.22. The van der Waals surface area contributed by atoms with Crippen LogP contribution in [0.5, 0.6) is 17.2 Å². The summed E-state index contributed by atoms with van der Waals surface area (Å²) in [4.78, 5) is 26.1. The van der Waals surface area contributed by atoms with Crippen molar-refractivity contribution in [1.29, 1.82) is 0 Å². The SMILES string of the molecule is COc1ccc(-n2ncc(Oc3cccc(C)c3)c(Nc3cccc(C(=O)NC(C)C)c3)c2=O)cc1. The summed E-state index contributed by atoms with van der Waals surface area (Å²) in [7, 11) is 1.58. The van der Waals surface area contributed by atoms with Gasteiger partial charge in [0.25, 0.3) is 11.5 Å². The van der Waals surface area contributed by atoms with Crippen LogP contribution in [0.3, 0.4) is 0 Å². The van der Waals surface area contributed by atoms with Crippen LogP contribution in [0.2, 0.25) is 0 Å². The Kier molecular flexibility index (Phi) is 7.34. The molecule has 36 heavy (non-hydrogen) atoms. The Labute approximate surface area is 209 Å². The second kappa shape index (κ2) is 10.8. The number of nitrogens with one attached hydrogen (secondary N) is 2. The van der Waals surface area contributed by atoms with Crippen molar-refractivity contribution in [2.24, 2.45) is 0 Å². The van der Waals surface area contributed by atoms with Crippen molar-refractivity contribution in [3.63, 3.8) is 0 Å². The first-order valence-electron chi connectivity index (χ1n) is 11.5. The maximum atomic E-state index is 13.6. The molecule has 0 aliphatic carbocycles. The Hall–Kier alpha value is -4.59. The lowest BCUT2D eigenvalue weighted by atomic mass is 10.1. The molecule has 0 saturated heterocycles. The molecule has 0 saturated carbocycles. The number of aromatic nitrogens is 2. The highest BCUT2D eigenvalue weighted by Crippen LogP contribution is 2.29. The third-order valence-corrected chi connectivity index (χ3v) is 5.29. The van der Waals surface area contributed by atoms with Crippen molar-refractivity contribution < 1.29 is 14.3 Å². The highest BCUT2D eigenvalue weighted by atomic mass is 16.5. The Balaban J connectivity index is 1.76. The summed E-state index contributed by atoms with van der Waals surface area (Å²) in [5.74, 6) is 1.30. The number of benzene rings is 3. The maximum Gasteiger partial charge on any atom is 0.299 e. The van der Waals surface area contributed by atoms with Crippen molar-refractivity contribution in [2.45, 2.75) is 26.8 Å². The van der Waals surface area contributed by atoms with Gasteiger partial charge in [0.1, 0.15) is 11.5 Å². The first kappa shape index (κ1) is 24.5. The van der Waals surface area contributed by atoms with Crippen LogP contribution in [0.25, 0.3) is 5.69 Å². The summed E-state index contributed by atoms with van der Waals surface area (Å²) in [6.07, 6.45) is 1.49. The van der Waals surface area contributed by atoms with E-state index in [-0.39, 0.29) is 23.4 Å². The Morgan fingerprint density at radius 3 is 2.42 bits per heavy atom. The molecule has 0 atom stereocenters. The quantitative estimate of drug-likeness (QED) is 0.356. The van der Waals surface area contributed by atoms with Crippen molar-refractivity contribution in [3.8, 4) is 22.9 Å². The lowest BCUT2D eigenvalue weighted by molar-refractivity contribution is 0.0943. The van der Waals surface area contributed by atoms with Crippen molar-refractivity contribution in [3.05, 3.63) is 100 Å². The molecule has 3 aromatic carbocycles. The molecule has 4 aromatic rings. The van der Waals surface area contributed by atoms with Crippen LogP contribution >= 0.6 is 0 Å². The number of ether oxygens (including phenoxy) is 2. The standard InChI is InChI=1S/C28H28N4O4/c1-18(2)30-27(33)20-8-6-9-21(16-20)31-26-25(36-24-10-5-7-19(3)15-24)17-29-32(28(26)34)22-11-13-23(35-4)14-12-22/h5-18,31H,1-4H3,(H,30,33). The molecule has 0 radical (unpaired) electrons. The highest BCUT2D eigenvalue weighted by Gasteiger charge is 2.17. The fourth-order valence-corrected chi connectivity index (χ4v) is 3.57. The van der Waals surface area contributed by atoms with Crippen LogP contribution in [0.15, 0.2) is 83.8 Å². The fraction of sp³-hybridized carbons (Fsp3) is 0.179. The number of anilines is 2. The maximum absolute atomic E-state index is 13.6. The third kappa shape index (κ3) is 5.72. The van der Waals surface area contributed by atoms with Gasteiger partial charge in [0.2, 0.25) is 0 Å². The van der Waals surface area contributed by atoms with Crippen molar-refractivity contribution in [1.82, 2.24) is 15.1 Å². The first-order chi connectivity index (χ1) is 17.3. The Morgan fingerprint density at radius 2 is 1.72 bits per heavy atom. The van der Waals surface area contributed by atoms with Gasteiger partial charge < -0.3 is 20.1 Å². The normalized spacial score (nSPS) is 10.7. The van der Waals surface area contributed by atoms with Crippen LogP contribution in [-0.4, -0.2) is 28.8 Å². The number of amides is 1. The van der Waals surface area contributed by atoms with E-state index in [4.69, 9.17) is 9.47 Å². The molecule has 4 rings (SSSR count). The van der Waals surface area contributed by atoms with Gasteiger partial charge in [0, 0.05) is 17.3 Å². The molecular formula is C28H28N4O4. The summed E-state index contributed by atoms with van der Waals surface area (Å²) in [6.45, 7) is 5.75. The van der Waals surface area contributed by atoms with Gasteiger partial charge in [-0.05, 0) is 80.9 Å². The number of rotatable bonds is 8. The molecule has 0 spiro atoms. The lowest BCUT2D eigenvalue weighted by Gasteiger charge is -2.15. The number of hydrogen-bond acceptors (Lipinski definition) is 6. The number of nitrogens with zero attached hydrogens (tertiary/aromatic N) is 2. The van der Waals surface area contributed by atoms with E-state index in [1.54, 1.807) is 55.6 Å². The zero-order valence-corrected chi connectivity index (χ0v) is 20.6. The molecule has 0 unspecified atom stereocenters. The van der Waals surface area contributed by atoms with E-state index in [2.05, 4.69) is 15.7 Å². The molecule has 1 heterocycles. The van der Waals surface area contributed by atoms with Gasteiger partial charge >= 0.3 is 0 Å². The second-order valence-electron chi connectivity index (χ2n) is 8.55. The molecular weight excluding hydrogens is 456 g/mol. The summed E-state index contributed by atoms with van der Waals surface area (Å²) >= 11 is 0. The van der Waals surface area contributed by atoms with Gasteiger partial charge in [-0.1, -0.05) is 18.2 Å². The first-order valence-corrected chi connectivity index (χ1v) is 11.5. The minimum Gasteiger partial charge on any atom is -0.497 e. The van der Waals surface area contributed by atoms with Gasteiger partial charge in [-0.3, -0.25) is 9.59 Å². The summed E-state index contributed by atoms with van der Waals surface area (Å²) in [5, 5.41) is 10.4. The van der Waals surface area contributed by atoms with Crippen LogP contribution in [0.4, 0.5) is 11.4 Å². The highest BCUT2D eigenvalue weighted by molar-refractivity contribution is 5.95. The molecule has 8 heteroatoms. The molecule has 2 N–H and O–H groups in total. The third-order valence-electron chi connectivity index (χ3n) is 5.29. The topological polar surface area (TPSA) is 94.5 Å². The lowest BCUT2D eigenvalue weighted by Crippen LogP contribution is -2.30. The Bertz CT molecular complexity index is 1430. The zero-order chi connectivity index (χ0) is 25.7. The molecule has 0 aliphatic rings. The van der Waals surface area contributed by atoms with Gasteiger partial charge in [0.15, 0.2) is 11.4 Å². The Morgan fingerprint density at radius 1 is 0.972 bits per heavy atom. The minimum atomic E-state index is -0.414. The number of carbonyl (C=O) groups excluding carboxylic acids is 1. The van der Waals surface area contributed by atoms with E-state index >= 15 is 0 Å². The van der Waals surface area contributed by atoms with E-state index in [9.17, 15) is 9.59 Å². The molecule has 0 bridgehead atoms. The van der Waals surface area contributed by atoms with Gasteiger partial charge in [0.05, 0.1) is 19.0 Å². The largest absolute Gasteiger partial charge is 0.497 e. The van der Waals surface area contributed by atoms with E-state index in [0.717, 1.165) is 5.56 Å². The summed E-state index contributed by atoms with van der Waals surface area (Å²) < 4.78 is 12.6. The molecule has 1 amide bonds. The van der Waals surface area contributed by atoms with E-state index in [1.807, 2.05) is 45.0 Å². The predicted molar refractivity (Wildman–Crippen MR) is 140 cm³/mol. The summed E-state index contributed by atoms with van der Waals surface area (Å²) in [5.41, 5.74) is 2.39. The molecule has 1 aromatic heterocycles. The van der Waals surface area contributed by atoms with Crippen LogP contribution in [-0.2, 0) is 0 Å². The van der Waals surface area contributed by atoms with Gasteiger partial charge in [-0.15, -0.1) is 0 Å². The molecule has 8 nitrogen and oxygen atoms in total. The van der Waals surface area contributed by atoms with E-state index in [1.165, 1.54) is 10.9 Å². The monoisotopic (exact) mass is 484 g/mol. The molecule has 184 valence electrons. The minimum absolute atomic E-state index is 0.000319. The smallest absolute Gasteiger partial charge is 0.299 e. The number of methoxy groups -OCH3 is 1. The van der Waals surface area contributed by atoms with Gasteiger partial charge in [-0.25, -0.2) is 0 Å². The van der Waals surface area contributed by atoms with E-state index in [0.29, 0.717) is 28.4 Å². The van der Waals surface area contributed by atoms with Crippen LogP contribution < -0.4 is 25.7 Å². The fourth-order valence-electron chi connectivity index (χ4n) is 3.57.